The van der Waals surface area contributed by atoms with E-state index in [1.165, 1.54) is 0 Å². The van der Waals surface area contributed by atoms with Crippen molar-refractivity contribution in [1.82, 2.24) is 10.6 Å². The van der Waals surface area contributed by atoms with Crippen LogP contribution >= 0.6 is 0 Å². The van der Waals surface area contributed by atoms with Crippen molar-refractivity contribution in [3.63, 3.8) is 0 Å². The van der Waals surface area contributed by atoms with Crippen LogP contribution in [0.15, 0.2) is 0 Å². The second kappa shape index (κ2) is 5.38. The second-order valence-electron chi connectivity index (χ2n) is 5.12. The number of aliphatic carboxylic acids is 1. The smallest absolute Gasteiger partial charge is 0.315 e. The summed E-state index contributed by atoms with van der Waals surface area (Å²) in [5, 5.41) is 14.7. The van der Waals surface area contributed by atoms with E-state index in [4.69, 9.17) is 5.11 Å². The summed E-state index contributed by atoms with van der Waals surface area (Å²) in [5.41, 5.74) is 0. The third kappa shape index (κ3) is 3.61. The van der Waals surface area contributed by atoms with Gasteiger partial charge in [-0.2, -0.15) is 0 Å². The van der Waals surface area contributed by atoms with Gasteiger partial charge >= 0.3 is 12.0 Å². The molecule has 0 aliphatic heterocycles. The Morgan fingerprint density at radius 1 is 1.12 bits per heavy atom. The molecular weight excluding hydrogens is 220 g/mol. The molecule has 2 saturated carbocycles. The van der Waals surface area contributed by atoms with Crippen molar-refractivity contribution in [2.75, 3.05) is 6.54 Å². The minimum absolute atomic E-state index is 0.0891. The molecule has 2 atom stereocenters. The van der Waals surface area contributed by atoms with Gasteiger partial charge in [0.2, 0.25) is 0 Å². The summed E-state index contributed by atoms with van der Waals surface area (Å²) in [6, 6.07) is 0.193. The average molecular weight is 240 g/mol. The van der Waals surface area contributed by atoms with Gasteiger partial charge < -0.3 is 15.7 Å². The first-order valence-corrected chi connectivity index (χ1v) is 6.44. The Morgan fingerprint density at radius 3 is 2.47 bits per heavy atom. The quantitative estimate of drug-likeness (QED) is 0.694. The Balaban J connectivity index is 1.75. The second-order valence-corrected chi connectivity index (χ2v) is 5.12. The number of carboxylic acid groups (broad SMARTS) is 1. The molecule has 5 heteroatoms. The maximum Gasteiger partial charge on any atom is 0.315 e. The zero-order chi connectivity index (χ0) is 12.3. The molecule has 0 bridgehead atoms. The number of carboxylic acids is 1. The van der Waals surface area contributed by atoms with Gasteiger partial charge in [-0.05, 0) is 31.6 Å². The van der Waals surface area contributed by atoms with E-state index in [2.05, 4.69) is 10.6 Å². The van der Waals surface area contributed by atoms with Crippen molar-refractivity contribution in [1.29, 1.82) is 0 Å². The fraction of sp³-hybridized carbons (Fsp3) is 0.833. The van der Waals surface area contributed by atoms with Crippen LogP contribution in [0.4, 0.5) is 4.79 Å². The molecule has 0 saturated heterocycles. The molecule has 0 heterocycles. The normalized spacial score (nSPS) is 28.5. The first-order valence-electron chi connectivity index (χ1n) is 6.44. The lowest BCUT2D eigenvalue weighted by Gasteiger charge is -2.28. The van der Waals surface area contributed by atoms with Crippen molar-refractivity contribution >= 4 is 12.0 Å². The van der Waals surface area contributed by atoms with Crippen LogP contribution in [-0.4, -0.2) is 29.7 Å². The summed E-state index contributed by atoms with van der Waals surface area (Å²) in [5.74, 6) is -0.921. The van der Waals surface area contributed by atoms with E-state index in [0.717, 1.165) is 38.5 Å². The number of carbonyl (C=O) groups excluding carboxylic acids is 1. The lowest BCUT2D eigenvalue weighted by Crippen LogP contribution is -2.42. The van der Waals surface area contributed by atoms with Gasteiger partial charge in [0.05, 0.1) is 5.92 Å². The molecule has 2 aliphatic rings. The molecule has 2 aliphatic carbocycles. The zero-order valence-electron chi connectivity index (χ0n) is 9.95. The number of carbonyl (C=O) groups is 2. The van der Waals surface area contributed by atoms with E-state index in [1.807, 2.05) is 0 Å². The third-order valence-corrected chi connectivity index (χ3v) is 3.66. The van der Waals surface area contributed by atoms with E-state index >= 15 is 0 Å². The summed E-state index contributed by atoms with van der Waals surface area (Å²) in [7, 11) is 0. The lowest BCUT2D eigenvalue weighted by atomic mass is 9.79. The average Bonchev–Trinajstić information content (AvgIpc) is 3.10. The molecule has 96 valence electrons. The summed E-state index contributed by atoms with van der Waals surface area (Å²) >= 11 is 0. The molecular formula is C12H20N2O3. The maximum atomic E-state index is 11.4. The van der Waals surface area contributed by atoms with E-state index in [1.54, 1.807) is 0 Å². The van der Waals surface area contributed by atoms with Crippen LogP contribution in [-0.2, 0) is 4.79 Å². The van der Waals surface area contributed by atoms with E-state index in [9.17, 15) is 9.59 Å². The number of hydrogen-bond acceptors (Lipinski definition) is 2. The molecule has 2 unspecified atom stereocenters. The Kier molecular flexibility index (Phi) is 3.86. The van der Waals surface area contributed by atoms with Crippen molar-refractivity contribution in [2.24, 2.45) is 11.8 Å². The topological polar surface area (TPSA) is 78.4 Å². The number of amides is 2. The number of nitrogens with one attached hydrogen (secondary N) is 2. The molecule has 3 N–H and O–H groups in total. The first-order chi connectivity index (χ1) is 8.16. The van der Waals surface area contributed by atoms with Crippen molar-refractivity contribution in [3.8, 4) is 0 Å². The maximum absolute atomic E-state index is 11.4. The number of rotatable bonds is 4. The molecule has 0 aromatic carbocycles. The van der Waals surface area contributed by atoms with E-state index in [-0.39, 0.29) is 17.9 Å². The van der Waals surface area contributed by atoms with Crippen LogP contribution < -0.4 is 10.6 Å². The standard InChI is InChI=1S/C12H20N2O3/c15-11(16)10-4-2-1-3-8(10)7-13-12(17)14-9-5-6-9/h8-10H,1-7H2,(H,15,16)(H2,13,14,17). The molecule has 0 aromatic heterocycles. The highest BCUT2D eigenvalue weighted by atomic mass is 16.4. The SMILES string of the molecule is O=C(NCC1CCCCC1C(=O)O)NC1CC1. The van der Waals surface area contributed by atoms with Crippen LogP contribution in [0, 0.1) is 11.8 Å². The van der Waals surface area contributed by atoms with Crippen molar-refractivity contribution in [2.45, 2.75) is 44.6 Å². The number of urea groups is 1. The third-order valence-electron chi connectivity index (χ3n) is 3.66. The zero-order valence-corrected chi connectivity index (χ0v) is 9.95. The van der Waals surface area contributed by atoms with E-state index < -0.39 is 5.97 Å². The van der Waals surface area contributed by atoms with Crippen LogP contribution in [0.3, 0.4) is 0 Å². The van der Waals surface area contributed by atoms with Gasteiger partial charge in [0.15, 0.2) is 0 Å². The monoisotopic (exact) mass is 240 g/mol. The molecule has 17 heavy (non-hydrogen) atoms. The summed E-state index contributed by atoms with van der Waals surface area (Å²) < 4.78 is 0. The molecule has 2 fully saturated rings. The highest BCUT2D eigenvalue weighted by Gasteiger charge is 2.31. The number of hydrogen-bond donors (Lipinski definition) is 3. The van der Waals surface area contributed by atoms with Crippen LogP contribution in [0.25, 0.3) is 0 Å². The van der Waals surface area contributed by atoms with E-state index in [0.29, 0.717) is 12.6 Å². The van der Waals surface area contributed by atoms with Gasteiger partial charge in [-0.25, -0.2) is 4.79 Å². The highest BCUT2D eigenvalue weighted by Crippen LogP contribution is 2.29. The Bertz CT molecular complexity index is 302. The lowest BCUT2D eigenvalue weighted by molar-refractivity contribution is -0.144. The Morgan fingerprint density at radius 2 is 1.82 bits per heavy atom. The molecule has 2 rings (SSSR count). The Hall–Kier alpha value is -1.26. The Labute approximate surface area is 101 Å². The summed E-state index contributed by atoms with van der Waals surface area (Å²) in [6.45, 7) is 0.482. The first kappa shape index (κ1) is 12.2. The van der Waals surface area contributed by atoms with Crippen LogP contribution in [0.5, 0.6) is 0 Å². The van der Waals surface area contributed by atoms with Gasteiger partial charge in [0.1, 0.15) is 0 Å². The van der Waals surface area contributed by atoms with Gasteiger partial charge in [0, 0.05) is 12.6 Å². The highest BCUT2D eigenvalue weighted by molar-refractivity contribution is 5.75. The molecule has 0 spiro atoms. The largest absolute Gasteiger partial charge is 0.481 e. The summed E-state index contributed by atoms with van der Waals surface area (Å²) in [4.78, 5) is 22.5. The predicted octanol–water partition coefficient (Wildman–Crippen LogP) is 1.34. The van der Waals surface area contributed by atoms with Crippen LogP contribution in [0.1, 0.15) is 38.5 Å². The van der Waals surface area contributed by atoms with Crippen LogP contribution in [0.2, 0.25) is 0 Å². The van der Waals surface area contributed by atoms with Gasteiger partial charge in [0.25, 0.3) is 0 Å². The molecule has 0 radical (unpaired) electrons. The fourth-order valence-corrected chi connectivity index (χ4v) is 2.46. The van der Waals surface area contributed by atoms with Gasteiger partial charge in [-0.1, -0.05) is 12.8 Å². The molecule has 2 amide bonds. The van der Waals surface area contributed by atoms with Gasteiger partial charge in [-0.15, -0.1) is 0 Å². The van der Waals surface area contributed by atoms with Gasteiger partial charge in [-0.3, -0.25) is 4.79 Å². The molecule has 5 nitrogen and oxygen atoms in total. The summed E-state index contributed by atoms with van der Waals surface area (Å²) in [6.07, 6.45) is 5.83. The molecule has 0 aromatic rings. The fourth-order valence-electron chi connectivity index (χ4n) is 2.46. The predicted molar refractivity (Wildman–Crippen MR) is 62.6 cm³/mol. The van der Waals surface area contributed by atoms with Crippen molar-refractivity contribution in [3.05, 3.63) is 0 Å². The van der Waals surface area contributed by atoms with Crippen molar-refractivity contribution < 1.29 is 14.7 Å². The minimum atomic E-state index is -0.723. The minimum Gasteiger partial charge on any atom is -0.481 e.